The molecule has 192 valence electrons. The maximum Gasteiger partial charge on any atom is 0.407 e. The van der Waals surface area contributed by atoms with Crippen molar-refractivity contribution in [2.75, 3.05) is 13.7 Å². The molecule has 1 heterocycles. The molecule has 0 fully saturated rings. The van der Waals surface area contributed by atoms with Crippen molar-refractivity contribution in [2.45, 2.75) is 32.9 Å². The summed E-state index contributed by atoms with van der Waals surface area (Å²) in [6.45, 7) is 5.45. The number of amides is 1. The number of benzene rings is 3. The van der Waals surface area contributed by atoms with Gasteiger partial charge in [0.25, 0.3) is 5.69 Å². The number of nitrogens with zero attached hydrogens (tertiary/aromatic N) is 3. The fourth-order valence-electron chi connectivity index (χ4n) is 4.09. The molecule has 1 amide bonds. The zero-order valence-corrected chi connectivity index (χ0v) is 20.8. The Bertz CT molecular complexity index is 1540. The number of rotatable bonds is 7. The van der Waals surface area contributed by atoms with E-state index in [1.165, 1.54) is 23.9 Å². The van der Waals surface area contributed by atoms with Crippen molar-refractivity contribution < 1.29 is 29.1 Å². The molecule has 0 aliphatic carbocycles. The molecule has 0 radical (unpaired) electrons. The van der Waals surface area contributed by atoms with E-state index in [2.05, 4.69) is 10.4 Å². The number of non-ortho nitro benzene ring substituents is 1. The molecule has 0 saturated heterocycles. The number of carbonyl (C=O) groups excluding carboxylic acids is 1. The molecule has 0 spiro atoms. The number of ether oxygens (including phenoxy) is 2. The molecule has 37 heavy (non-hydrogen) atoms. The molecule has 11 heteroatoms. The van der Waals surface area contributed by atoms with Gasteiger partial charge < -0.3 is 19.9 Å². The number of nitrogens with one attached hydrogen (secondary N) is 1. The molecule has 0 aliphatic rings. The van der Waals surface area contributed by atoms with Gasteiger partial charge in [0.15, 0.2) is 5.69 Å². The first-order valence-corrected chi connectivity index (χ1v) is 11.4. The summed E-state index contributed by atoms with van der Waals surface area (Å²) in [5, 5.41) is 30.2. The van der Waals surface area contributed by atoms with Crippen molar-refractivity contribution in [3.63, 3.8) is 0 Å². The minimum Gasteiger partial charge on any atom is -0.496 e. The van der Waals surface area contributed by atoms with Crippen LogP contribution in [-0.4, -0.2) is 51.1 Å². The normalized spacial score (nSPS) is 11.5. The van der Waals surface area contributed by atoms with Crippen molar-refractivity contribution in [3.05, 3.63) is 64.3 Å². The summed E-state index contributed by atoms with van der Waals surface area (Å²) in [6.07, 6.45) is -0.611. The number of aromatic nitrogens is 2. The lowest BCUT2D eigenvalue weighted by Crippen LogP contribution is -2.34. The average molecular weight is 507 g/mol. The van der Waals surface area contributed by atoms with Gasteiger partial charge in [-0.05, 0) is 49.9 Å². The summed E-state index contributed by atoms with van der Waals surface area (Å²) < 4.78 is 12.1. The Hall–Kier alpha value is -4.67. The van der Waals surface area contributed by atoms with Gasteiger partial charge in [-0.25, -0.2) is 9.59 Å². The van der Waals surface area contributed by atoms with Crippen LogP contribution in [0.5, 0.6) is 5.75 Å². The molecule has 3 aromatic carbocycles. The van der Waals surface area contributed by atoms with E-state index in [0.717, 1.165) is 5.39 Å². The number of alkyl carbamates (subject to hydrolysis) is 1. The lowest BCUT2D eigenvalue weighted by Gasteiger charge is -2.19. The summed E-state index contributed by atoms with van der Waals surface area (Å²) in [6, 6.07) is 13.2. The topological polar surface area (TPSA) is 146 Å². The second kappa shape index (κ2) is 9.76. The van der Waals surface area contributed by atoms with Gasteiger partial charge in [0, 0.05) is 35.0 Å². The van der Waals surface area contributed by atoms with Crippen molar-refractivity contribution in [1.82, 2.24) is 15.1 Å². The first kappa shape index (κ1) is 25.4. The molecule has 4 aromatic rings. The fraction of sp³-hybridized carbons (Fsp3) is 0.269. The molecule has 0 saturated carbocycles. The highest BCUT2D eigenvalue weighted by Gasteiger charge is 2.22. The predicted molar refractivity (Wildman–Crippen MR) is 137 cm³/mol. The van der Waals surface area contributed by atoms with E-state index in [1.54, 1.807) is 57.2 Å². The molecule has 0 bridgehead atoms. The largest absolute Gasteiger partial charge is 0.496 e. The van der Waals surface area contributed by atoms with Crippen LogP contribution in [0.15, 0.2) is 48.5 Å². The van der Waals surface area contributed by atoms with Gasteiger partial charge in [-0.1, -0.05) is 18.2 Å². The van der Waals surface area contributed by atoms with Crippen LogP contribution in [0.1, 0.15) is 31.3 Å². The van der Waals surface area contributed by atoms with Gasteiger partial charge in [-0.3, -0.25) is 14.8 Å². The van der Waals surface area contributed by atoms with Gasteiger partial charge in [0.05, 0.1) is 18.6 Å². The Morgan fingerprint density at radius 3 is 2.54 bits per heavy atom. The highest BCUT2D eigenvalue weighted by atomic mass is 16.6. The summed E-state index contributed by atoms with van der Waals surface area (Å²) in [5.41, 5.74) is 0.881. The van der Waals surface area contributed by atoms with Gasteiger partial charge in [-0.2, -0.15) is 5.10 Å². The zero-order valence-electron chi connectivity index (χ0n) is 20.8. The van der Waals surface area contributed by atoms with Crippen molar-refractivity contribution >= 4 is 39.4 Å². The van der Waals surface area contributed by atoms with Crippen LogP contribution in [0.3, 0.4) is 0 Å². The van der Waals surface area contributed by atoms with E-state index in [4.69, 9.17) is 9.47 Å². The number of hydrogen-bond donors (Lipinski definition) is 2. The quantitative estimate of drug-likeness (QED) is 0.263. The van der Waals surface area contributed by atoms with E-state index in [9.17, 15) is 24.8 Å². The summed E-state index contributed by atoms with van der Waals surface area (Å²) >= 11 is 0. The Labute approximate surface area is 211 Å². The lowest BCUT2D eigenvalue weighted by atomic mass is 9.98. The van der Waals surface area contributed by atoms with Crippen LogP contribution < -0.4 is 10.1 Å². The van der Waals surface area contributed by atoms with E-state index in [0.29, 0.717) is 33.2 Å². The highest BCUT2D eigenvalue weighted by Crippen LogP contribution is 2.38. The number of carbonyl (C=O) groups is 2. The third-order valence-corrected chi connectivity index (χ3v) is 5.61. The van der Waals surface area contributed by atoms with E-state index < -0.39 is 22.6 Å². The molecule has 0 unspecified atom stereocenters. The number of fused-ring (bicyclic) bond motifs is 3. The monoisotopic (exact) mass is 506 g/mol. The zero-order chi connectivity index (χ0) is 26.9. The lowest BCUT2D eigenvalue weighted by molar-refractivity contribution is -0.384. The van der Waals surface area contributed by atoms with Crippen LogP contribution in [0.25, 0.3) is 32.8 Å². The van der Waals surface area contributed by atoms with Crippen LogP contribution in [0, 0.1) is 10.1 Å². The smallest absolute Gasteiger partial charge is 0.407 e. The third-order valence-electron chi connectivity index (χ3n) is 5.61. The molecule has 1 aromatic heterocycles. The average Bonchev–Trinajstić information content (AvgIpc) is 3.21. The minimum absolute atomic E-state index is 0.0180. The van der Waals surface area contributed by atoms with Crippen LogP contribution >= 0.6 is 0 Å². The Balaban J connectivity index is 1.79. The predicted octanol–water partition coefficient (Wildman–Crippen LogP) is 5.00. The number of methoxy groups -OCH3 is 1. The van der Waals surface area contributed by atoms with E-state index in [1.807, 2.05) is 0 Å². The molecule has 0 atom stereocenters. The van der Waals surface area contributed by atoms with Crippen molar-refractivity contribution in [2.24, 2.45) is 0 Å². The van der Waals surface area contributed by atoms with E-state index >= 15 is 0 Å². The summed E-state index contributed by atoms with van der Waals surface area (Å²) in [5.74, 6) is -0.654. The fourth-order valence-corrected chi connectivity index (χ4v) is 4.09. The number of carboxylic acids is 1. The third kappa shape index (κ3) is 5.30. The van der Waals surface area contributed by atoms with Crippen LogP contribution in [0.2, 0.25) is 0 Å². The molecule has 0 aliphatic heterocycles. The number of nitro benzene ring substituents is 1. The van der Waals surface area contributed by atoms with Gasteiger partial charge in [0.2, 0.25) is 0 Å². The van der Waals surface area contributed by atoms with Crippen molar-refractivity contribution in [3.8, 4) is 16.9 Å². The maximum absolute atomic E-state index is 12.2. The van der Waals surface area contributed by atoms with Gasteiger partial charge >= 0.3 is 12.1 Å². The van der Waals surface area contributed by atoms with Crippen LogP contribution in [0.4, 0.5) is 10.5 Å². The Morgan fingerprint density at radius 2 is 1.89 bits per heavy atom. The first-order chi connectivity index (χ1) is 17.5. The molecule has 2 N–H and O–H groups in total. The van der Waals surface area contributed by atoms with Gasteiger partial charge in [-0.15, -0.1) is 0 Å². The maximum atomic E-state index is 12.2. The number of aromatic carboxylic acids is 1. The van der Waals surface area contributed by atoms with Gasteiger partial charge in [0.1, 0.15) is 16.9 Å². The van der Waals surface area contributed by atoms with Crippen LogP contribution in [-0.2, 0) is 11.3 Å². The summed E-state index contributed by atoms with van der Waals surface area (Å²) in [7, 11) is 1.51. The van der Waals surface area contributed by atoms with Crippen molar-refractivity contribution in [1.29, 1.82) is 0 Å². The number of hydrogen-bond acceptors (Lipinski definition) is 7. The SMILES string of the molecule is COc1cc2ccc3c(C(=O)O)n(CCNC(=O)OC(C)(C)C)nc3c2cc1-c1cccc([N+](=O)[O-])c1. The second-order valence-corrected chi connectivity index (χ2v) is 9.35. The summed E-state index contributed by atoms with van der Waals surface area (Å²) in [4.78, 5) is 35.0. The highest BCUT2D eigenvalue weighted by molar-refractivity contribution is 6.13. The molecule has 11 nitrogen and oxygen atoms in total. The molecule has 4 rings (SSSR count). The number of carboxylic acid groups (broad SMARTS) is 1. The minimum atomic E-state index is -1.16. The Kier molecular flexibility index (Phi) is 6.71. The second-order valence-electron chi connectivity index (χ2n) is 9.35. The molecular weight excluding hydrogens is 480 g/mol. The first-order valence-electron chi connectivity index (χ1n) is 11.4. The van der Waals surface area contributed by atoms with E-state index in [-0.39, 0.29) is 24.5 Å². The molecular formula is C26H26N4O7. The number of nitro groups is 1. The standard InChI is InChI=1S/C26H26N4O7/c1-26(2,3)37-25(33)27-10-11-29-23(24(31)32)18-9-8-16-13-21(36-4)19(14-20(16)22(18)28-29)15-6-5-7-17(12-15)30(34)35/h5-9,12-14H,10-11H2,1-4H3,(H,27,33)(H,31,32). The Morgan fingerprint density at radius 1 is 1.14 bits per heavy atom.